The number of ether oxygens (including phenoxy) is 3. The fourth-order valence-electron chi connectivity index (χ4n) is 2.74. The minimum absolute atomic E-state index is 0.106. The molecule has 19 heavy (non-hydrogen) atoms. The number of rotatable bonds is 2. The molecule has 0 radical (unpaired) electrons. The molecule has 2 atom stereocenters. The van der Waals surface area contributed by atoms with Crippen LogP contribution < -0.4 is 10.5 Å². The molecule has 2 fully saturated rings. The maximum atomic E-state index is 6.13. The van der Waals surface area contributed by atoms with Crippen LogP contribution in [0.25, 0.3) is 0 Å². The van der Waals surface area contributed by atoms with E-state index in [-0.39, 0.29) is 11.7 Å². The number of nitrogen functional groups attached to an aromatic ring is 1. The Balaban J connectivity index is 1.70. The quantitative estimate of drug-likeness (QED) is 0.848. The zero-order valence-electron chi connectivity index (χ0n) is 10.7. The van der Waals surface area contributed by atoms with Gasteiger partial charge in [-0.3, -0.25) is 0 Å². The number of nitrogens with two attached hydrogens (primary N) is 1. The van der Waals surface area contributed by atoms with E-state index >= 15 is 0 Å². The van der Waals surface area contributed by atoms with Crippen molar-refractivity contribution in [1.82, 2.24) is 0 Å². The van der Waals surface area contributed by atoms with Gasteiger partial charge in [0.2, 0.25) is 0 Å². The lowest BCUT2D eigenvalue weighted by molar-refractivity contribution is -0.112. The number of hydrogen-bond donors (Lipinski definition) is 1. The molecule has 0 saturated carbocycles. The molecular formula is C14H18ClNO3. The first-order valence-corrected chi connectivity index (χ1v) is 6.98. The lowest BCUT2D eigenvalue weighted by Gasteiger charge is -2.37. The van der Waals surface area contributed by atoms with Gasteiger partial charge in [0.15, 0.2) is 0 Å². The fourth-order valence-corrected chi connectivity index (χ4v) is 2.90. The van der Waals surface area contributed by atoms with Gasteiger partial charge in [0.25, 0.3) is 0 Å². The van der Waals surface area contributed by atoms with E-state index in [0.29, 0.717) is 29.7 Å². The molecule has 1 spiro atoms. The van der Waals surface area contributed by atoms with Crippen LogP contribution in [0.1, 0.15) is 19.3 Å². The van der Waals surface area contributed by atoms with Crippen molar-refractivity contribution in [2.75, 3.05) is 25.6 Å². The summed E-state index contributed by atoms with van der Waals surface area (Å²) in [5, 5.41) is 0.595. The number of hydrogen-bond acceptors (Lipinski definition) is 4. The molecule has 4 nitrogen and oxygen atoms in total. The first kappa shape index (κ1) is 13.0. The third-order valence-corrected chi connectivity index (χ3v) is 4.08. The summed E-state index contributed by atoms with van der Waals surface area (Å²) in [5.41, 5.74) is 6.27. The summed E-state index contributed by atoms with van der Waals surface area (Å²) in [6, 6.07) is 5.31. The van der Waals surface area contributed by atoms with E-state index in [0.717, 1.165) is 25.9 Å². The lowest BCUT2D eigenvalue weighted by atomic mass is 9.91. The van der Waals surface area contributed by atoms with Crippen LogP contribution in [0.2, 0.25) is 5.02 Å². The van der Waals surface area contributed by atoms with Crippen molar-refractivity contribution in [1.29, 1.82) is 0 Å². The molecule has 0 aliphatic carbocycles. The van der Waals surface area contributed by atoms with Gasteiger partial charge in [0.05, 0.1) is 23.8 Å². The smallest absolute Gasteiger partial charge is 0.140 e. The second-order valence-electron chi connectivity index (χ2n) is 5.26. The van der Waals surface area contributed by atoms with Crippen molar-refractivity contribution < 1.29 is 14.2 Å². The van der Waals surface area contributed by atoms with E-state index in [4.69, 9.17) is 31.5 Å². The zero-order chi connectivity index (χ0) is 13.3. The topological polar surface area (TPSA) is 53.7 Å². The molecule has 2 saturated heterocycles. The third-order valence-electron chi connectivity index (χ3n) is 3.76. The first-order chi connectivity index (χ1) is 9.17. The predicted molar refractivity (Wildman–Crippen MR) is 73.6 cm³/mol. The number of benzene rings is 1. The lowest BCUT2D eigenvalue weighted by Crippen LogP contribution is -2.44. The maximum absolute atomic E-state index is 6.13. The largest absolute Gasteiger partial charge is 0.489 e. The van der Waals surface area contributed by atoms with E-state index < -0.39 is 0 Å². The second kappa shape index (κ2) is 5.19. The summed E-state index contributed by atoms with van der Waals surface area (Å²) in [6.07, 6.45) is 2.76. The van der Waals surface area contributed by atoms with Gasteiger partial charge >= 0.3 is 0 Å². The molecule has 0 aromatic heterocycles. The number of anilines is 1. The van der Waals surface area contributed by atoms with Crippen LogP contribution in [0.5, 0.6) is 5.75 Å². The maximum Gasteiger partial charge on any atom is 0.140 e. The van der Waals surface area contributed by atoms with E-state index in [9.17, 15) is 0 Å². The average Bonchev–Trinajstić information content (AvgIpc) is 2.82. The zero-order valence-corrected chi connectivity index (χ0v) is 11.5. The Morgan fingerprint density at radius 1 is 1.37 bits per heavy atom. The molecule has 0 bridgehead atoms. The summed E-state index contributed by atoms with van der Waals surface area (Å²) in [6.45, 7) is 2.14. The molecule has 1 aromatic carbocycles. The van der Waals surface area contributed by atoms with Crippen LogP contribution in [0.3, 0.4) is 0 Å². The van der Waals surface area contributed by atoms with Gasteiger partial charge in [-0.05, 0) is 12.1 Å². The Hall–Kier alpha value is -0.970. The Morgan fingerprint density at radius 3 is 3.05 bits per heavy atom. The molecule has 3 rings (SSSR count). The summed E-state index contributed by atoms with van der Waals surface area (Å²) in [4.78, 5) is 0. The molecule has 5 heteroatoms. The van der Waals surface area contributed by atoms with E-state index in [1.165, 1.54) is 0 Å². The highest BCUT2D eigenvalue weighted by atomic mass is 35.5. The Kier molecular flexibility index (Phi) is 3.56. The van der Waals surface area contributed by atoms with Gasteiger partial charge in [0.1, 0.15) is 11.9 Å². The number of halogens is 1. The normalized spacial score (nSPS) is 30.7. The van der Waals surface area contributed by atoms with Crippen LogP contribution in [0.4, 0.5) is 5.69 Å². The minimum atomic E-state index is -0.157. The summed E-state index contributed by atoms with van der Waals surface area (Å²) < 4.78 is 17.3. The van der Waals surface area contributed by atoms with Crippen LogP contribution in [0.15, 0.2) is 18.2 Å². The summed E-state index contributed by atoms with van der Waals surface area (Å²) in [7, 11) is 0. The Morgan fingerprint density at radius 2 is 2.26 bits per heavy atom. The van der Waals surface area contributed by atoms with E-state index in [2.05, 4.69) is 0 Å². The van der Waals surface area contributed by atoms with Crippen LogP contribution in [-0.4, -0.2) is 31.5 Å². The van der Waals surface area contributed by atoms with Crippen molar-refractivity contribution in [2.24, 2.45) is 0 Å². The third kappa shape index (κ3) is 2.81. The molecule has 2 aliphatic heterocycles. The minimum Gasteiger partial charge on any atom is -0.489 e. The fraction of sp³-hybridized carbons (Fsp3) is 0.571. The first-order valence-electron chi connectivity index (χ1n) is 6.60. The van der Waals surface area contributed by atoms with E-state index in [1.807, 2.05) is 0 Å². The molecule has 0 amide bonds. The molecule has 104 valence electrons. The van der Waals surface area contributed by atoms with Crippen molar-refractivity contribution in [3.05, 3.63) is 23.2 Å². The standard InChI is InChI=1S/C14H18ClNO3/c15-12-2-1-10(16)7-13(12)19-11-3-5-18-14(8-11)4-6-17-9-14/h1-2,7,11H,3-6,8-9,16H2. The highest BCUT2D eigenvalue weighted by molar-refractivity contribution is 6.32. The summed E-state index contributed by atoms with van der Waals surface area (Å²) in [5.74, 6) is 0.655. The SMILES string of the molecule is Nc1ccc(Cl)c(OC2CCOC3(CCOC3)C2)c1. The molecule has 1 aromatic rings. The summed E-state index contributed by atoms with van der Waals surface area (Å²) >= 11 is 6.13. The van der Waals surface area contributed by atoms with Gasteiger partial charge in [-0.15, -0.1) is 0 Å². The van der Waals surface area contributed by atoms with Crippen molar-refractivity contribution >= 4 is 17.3 Å². The molecule has 2 unspecified atom stereocenters. The van der Waals surface area contributed by atoms with Crippen molar-refractivity contribution in [2.45, 2.75) is 31.0 Å². The monoisotopic (exact) mass is 283 g/mol. The molecule has 2 N–H and O–H groups in total. The molecule has 2 aliphatic rings. The van der Waals surface area contributed by atoms with Crippen LogP contribution in [0, 0.1) is 0 Å². The van der Waals surface area contributed by atoms with Gasteiger partial charge in [0, 0.05) is 37.6 Å². The predicted octanol–water partition coefficient (Wildman–Crippen LogP) is 2.64. The van der Waals surface area contributed by atoms with Crippen LogP contribution in [-0.2, 0) is 9.47 Å². The highest BCUT2D eigenvalue weighted by Gasteiger charge is 2.41. The van der Waals surface area contributed by atoms with Gasteiger partial charge in [-0.1, -0.05) is 11.6 Å². The Bertz CT molecular complexity index is 460. The average molecular weight is 284 g/mol. The van der Waals surface area contributed by atoms with Crippen LogP contribution >= 0.6 is 11.6 Å². The van der Waals surface area contributed by atoms with Gasteiger partial charge < -0.3 is 19.9 Å². The van der Waals surface area contributed by atoms with Gasteiger partial charge in [-0.2, -0.15) is 0 Å². The molecular weight excluding hydrogens is 266 g/mol. The van der Waals surface area contributed by atoms with Gasteiger partial charge in [-0.25, -0.2) is 0 Å². The van der Waals surface area contributed by atoms with Crippen molar-refractivity contribution in [3.8, 4) is 5.75 Å². The molecule has 2 heterocycles. The van der Waals surface area contributed by atoms with Crippen molar-refractivity contribution in [3.63, 3.8) is 0 Å². The Labute approximate surface area is 117 Å². The highest BCUT2D eigenvalue weighted by Crippen LogP contribution is 2.36. The van der Waals surface area contributed by atoms with E-state index in [1.54, 1.807) is 18.2 Å². The second-order valence-corrected chi connectivity index (χ2v) is 5.66.